The number of nitrogens with zero attached hydrogens (tertiary/aromatic N) is 1. The lowest BCUT2D eigenvalue weighted by molar-refractivity contribution is -0.128. The number of carbonyl (C=O) groups is 1. The van der Waals surface area contributed by atoms with E-state index in [2.05, 4.69) is 20.8 Å². The standard InChI is InChI=1S/C11H22N2O/c1-4-10(12)9-5-11(14)13(7-9)6-8(2)3/h8-10H,4-7,12H2,1-3H3. The molecule has 2 atom stereocenters. The zero-order chi connectivity index (χ0) is 10.7. The van der Waals surface area contributed by atoms with Crippen LogP contribution in [0.3, 0.4) is 0 Å². The molecule has 0 bridgehead atoms. The predicted octanol–water partition coefficient (Wildman–Crippen LogP) is 1.23. The number of rotatable bonds is 4. The van der Waals surface area contributed by atoms with Crippen LogP contribution >= 0.6 is 0 Å². The summed E-state index contributed by atoms with van der Waals surface area (Å²) in [7, 11) is 0. The molecule has 1 rings (SSSR count). The number of likely N-dealkylation sites (tertiary alicyclic amines) is 1. The molecular weight excluding hydrogens is 176 g/mol. The van der Waals surface area contributed by atoms with Crippen molar-refractivity contribution in [2.45, 2.75) is 39.7 Å². The molecule has 0 aromatic rings. The first-order valence-corrected chi connectivity index (χ1v) is 5.58. The first kappa shape index (κ1) is 11.5. The second kappa shape index (κ2) is 4.78. The molecule has 1 fully saturated rings. The van der Waals surface area contributed by atoms with Gasteiger partial charge in [-0.15, -0.1) is 0 Å². The third-order valence-corrected chi connectivity index (χ3v) is 2.91. The Hall–Kier alpha value is -0.570. The molecular formula is C11H22N2O. The molecule has 1 saturated heterocycles. The van der Waals surface area contributed by atoms with Crippen LogP contribution in [0.15, 0.2) is 0 Å². The van der Waals surface area contributed by atoms with Crippen LogP contribution in [-0.4, -0.2) is 29.9 Å². The number of hydrogen-bond donors (Lipinski definition) is 1. The Labute approximate surface area is 86.6 Å². The maximum absolute atomic E-state index is 11.6. The van der Waals surface area contributed by atoms with Gasteiger partial charge in [-0.05, 0) is 12.3 Å². The summed E-state index contributed by atoms with van der Waals surface area (Å²) in [5.74, 6) is 1.22. The first-order valence-electron chi connectivity index (χ1n) is 5.58. The Balaban J connectivity index is 2.47. The van der Waals surface area contributed by atoms with Gasteiger partial charge in [-0.2, -0.15) is 0 Å². The fourth-order valence-electron chi connectivity index (χ4n) is 2.04. The van der Waals surface area contributed by atoms with E-state index in [1.165, 1.54) is 0 Å². The van der Waals surface area contributed by atoms with Crippen LogP contribution in [0.25, 0.3) is 0 Å². The molecule has 0 radical (unpaired) electrons. The van der Waals surface area contributed by atoms with Gasteiger partial charge in [0.25, 0.3) is 0 Å². The molecule has 14 heavy (non-hydrogen) atoms. The molecule has 3 heteroatoms. The van der Waals surface area contributed by atoms with Crippen LogP contribution in [0.5, 0.6) is 0 Å². The lowest BCUT2D eigenvalue weighted by Gasteiger charge is -2.20. The van der Waals surface area contributed by atoms with Crippen LogP contribution < -0.4 is 5.73 Å². The van der Waals surface area contributed by atoms with E-state index >= 15 is 0 Å². The van der Waals surface area contributed by atoms with Gasteiger partial charge in [-0.1, -0.05) is 20.8 Å². The first-order chi connectivity index (χ1) is 6.54. The number of amides is 1. The summed E-state index contributed by atoms with van der Waals surface area (Å²) in [6.07, 6.45) is 1.62. The fourth-order valence-corrected chi connectivity index (χ4v) is 2.04. The second-order valence-electron chi connectivity index (χ2n) is 4.73. The highest BCUT2D eigenvalue weighted by molar-refractivity contribution is 5.78. The average molecular weight is 198 g/mol. The molecule has 1 aliphatic rings. The monoisotopic (exact) mass is 198 g/mol. The normalized spacial score (nSPS) is 24.8. The smallest absolute Gasteiger partial charge is 0.222 e. The molecule has 3 nitrogen and oxygen atoms in total. The summed E-state index contributed by atoms with van der Waals surface area (Å²) in [4.78, 5) is 13.6. The fraction of sp³-hybridized carbons (Fsp3) is 0.909. The van der Waals surface area contributed by atoms with Gasteiger partial charge < -0.3 is 10.6 Å². The maximum atomic E-state index is 11.6. The van der Waals surface area contributed by atoms with Crippen LogP contribution in [0.1, 0.15) is 33.6 Å². The number of carbonyl (C=O) groups excluding carboxylic acids is 1. The highest BCUT2D eigenvalue weighted by Gasteiger charge is 2.32. The van der Waals surface area contributed by atoms with Crippen molar-refractivity contribution in [2.75, 3.05) is 13.1 Å². The van der Waals surface area contributed by atoms with Crippen molar-refractivity contribution in [3.05, 3.63) is 0 Å². The highest BCUT2D eigenvalue weighted by atomic mass is 16.2. The maximum Gasteiger partial charge on any atom is 0.222 e. The number of nitrogens with two attached hydrogens (primary N) is 1. The van der Waals surface area contributed by atoms with Gasteiger partial charge >= 0.3 is 0 Å². The quantitative estimate of drug-likeness (QED) is 0.738. The van der Waals surface area contributed by atoms with Crippen LogP contribution in [0, 0.1) is 11.8 Å². The van der Waals surface area contributed by atoms with Crippen LogP contribution in [0.4, 0.5) is 0 Å². The van der Waals surface area contributed by atoms with Crippen molar-refractivity contribution < 1.29 is 4.79 Å². The van der Waals surface area contributed by atoms with E-state index in [0.717, 1.165) is 19.5 Å². The lowest BCUT2D eigenvalue weighted by Crippen LogP contribution is -2.33. The van der Waals surface area contributed by atoms with Crippen molar-refractivity contribution in [1.82, 2.24) is 4.90 Å². The Morgan fingerprint density at radius 2 is 2.21 bits per heavy atom. The largest absolute Gasteiger partial charge is 0.342 e. The molecule has 0 aliphatic carbocycles. The minimum atomic E-state index is 0.191. The molecule has 2 N–H and O–H groups in total. The second-order valence-corrected chi connectivity index (χ2v) is 4.73. The summed E-state index contributed by atoms with van der Waals surface area (Å²) >= 11 is 0. The Morgan fingerprint density at radius 3 is 2.71 bits per heavy atom. The van der Waals surface area contributed by atoms with E-state index in [9.17, 15) is 4.79 Å². The molecule has 1 aliphatic heterocycles. The predicted molar refractivity (Wildman–Crippen MR) is 57.8 cm³/mol. The molecule has 1 amide bonds. The van der Waals surface area contributed by atoms with Gasteiger partial charge in [0.05, 0.1) is 0 Å². The van der Waals surface area contributed by atoms with Gasteiger partial charge in [0.15, 0.2) is 0 Å². The SMILES string of the molecule is CCC(N)C1CC(=O)N(CC(C)C)C1. The van der Waals surface area contributed by atoms with Crippen molar-refractivity contribution in [1.29, 1.82) is 0 Å². The van der Waals surface area contributed by atoms with Crippen molar-refractivity contribution >= 4 is 5.91 Å². The van der Waals surface area contributed by atoms with Crippen molar-refractivity contribution in [3.63, 3.8) is 0 Å². The van der Waals surface area contributed by atoms with Gasteiger partial charge in [0.1, 0.15) is 0 Å². The third-order valence-electron chi connectivity index (χ3n) is 2.91. The van der Waals surface area contributed by atoms with E-state index in [0.29, 0.717) is 18.3 Å². The molecule has 0 aromatic carbocycles. The zero-order valence-electron chi connectivity index (χ0n) is 9.49. The third kappa shape index (κ3) is 2.71. The Kier molecular flexibility index (Phi) is 3.93. The van der Waals surface area contributed by atoms with E-state index in [4.69, 9.17) is 5.73 Å². The molecule has 1 heterocycles. The minimum absolute atomic E-state index is 0.191. The summed E-state index contributed by atoms with van der Waals surface area (Å²) in [6.45, 7) is 8.11. The van der Waals surface area contributed by atoms with E-state index in [1.54, 1.807) is 0 Å². The highest BCUT2D eigenvalue weighted by Crippen LogP contribution is 2.22. The Bertz CT molecular complexity index is 203. The Morgan fingerprint density at radius 1 is 1.57 bits per heavy atom. The van der Waals surface area contributed by atoms with Gasteiger partial charge in [0, 0.05) is 31.5 Å². The summed E-state index contributed by atoms with van der Waals surface area (Å²) in [5, 5.41) is 0. The zero-order valence-corrected chi connectivity index (χ0v) is 9.49. The molecule has 0 saturated carbocycles. The summed E-state index contributed by atoms with van der Waals surface area (Å²) < 4.78 is 0. The van der Waals surface area contributed by atoms with E-state index in [-0.39, 0.29) is 11.9 Å². The van der Waals surface area contributed by atoms with Crippen LogP contribution in [0.2, 0.25) is 0 Å². The topological polar surface area (TPSA) is 46.3 Å². The molecule has 0 aromatic heterocycles. The lowest BCUT2D eigenvalue weighted by atomic mass is 9.98. The number of hydrogen-bond acceptors (Lipinski definition) is 2. The van der Waals surface area contributed by atoms with Crippen molar-refractivity contribution in [3.8, 4) is 0 Å². The van der Waals surface area contributed by atoms with Gasteiger partial charge in [-0.25, -0.2) is 0 Å². The van der Waals surface area contributed by atoms with Crippen LogP contribution in [-0.2, 0) is 4.79 Å². The van der Waals surface area contributed by atoms with Crippen molar-refractivity contribution in [2.24, 2.45) is 17.6 Å². The van der Waals surface area contributed by atoms with E-state index < -0.39 is 0 Å². The summed E-state index contributed by atoms with van der Waals surface area (Å²) in [5.41, 5.74) is 5.95. The molecule has 0 spiro atoms. The van der Waals surface area contributed by atoms with E-state index in [1.807, 2.05) is 4.90 Å². The summed E-state index contributed by atoms with van der Waals surface area (Å²) in [6, 6.07) is 0.191. The molecule has 82 valence electrons. The molecule has 2 unspecified atom stereocenters. The van der Waals surface area contributed by atoms with Gasteiger partial charge in [0.2, 0.25) is 5.91 Å². The van der Waals surface area contributed by atoms with Gasteiger partial charge in [-0.3, -0.25) is 4.79 Å². The minimum Gasteiger partial charge on any atom is -0.342 e. The average Bonchev–Trinajstić information content (AvgIpc) is 2.46.